The maximum absolute atomic E-state index is 5.52. The molecule has 0 aliphatic heterocycles. The first-order valence-corrected chi connectivity index (χ1v) is 6.26. The van der Waals surface area contributed by atoms with Crippen LogP contribution in [0.2, 0.25) is 0 Å². The quantitative estimate of drug-likeness (QED) is 0.283. The molecule has 2 nitrogen and oxygen atoms in total. The molecule has 0 aromatic rings. The van der Waals surface area contributed by atoms with E-state index in [1.54, 1.807) is 0 Å². The molecule has 0 spiro atoms. The second kappa shape index (κ2) is 12.5. The molecule has 0 fully saturated rings. The average molecular weight is 226 g/mol. The van der Waals surface area contributed by atoms with Crippen molar-refractivity contribution in [2.24, 2.45) is 0 Å². The maximum atomic E-state index is 5.52. The highest BCUT2D eigenvalue weighted by Crippen LogP contribution is 2.02. The van der Waals surface area contributed by atoms with E-state index in [-0.39, 0.29) is 6.29 Å². The van der Waals surface area contributed by atoms with Crippen molar-refractivity contribution >= 4 is 0 Å². The van der Waals surface area contributed by atoms with E-state index in [1.165, 1.54) is 0 Å². The third-order valence-corrected chi connectivity index (χ3v) is 2.31. The minimum Gasteiger partial charge on any atom is -0.353 e. The van der Waals surface area contributed by atoms with Crippen molar-refractivity contribution < 1.29 is 9.47 Å². The van der Waals surface area contributed by atoms with Gasteiger partial charge >= 0.3 is 0 Å². The van der Waals surface area contributed by atoms with Gasteiger partial charge in [0.1, 0.15) is 0 Å². The minimum absolute atomic E-state index is 0.0764. The molecule has 0 atom stereocenters. The summed E-state index contributed by atoms with van der Waals surface area (Å²) in [6.45, 7) is 10.9. The number of unbranched alkanes of at least 4 members (excludes halogenated alkanes) is 4. The largest absolute Gasteiger partial charge is 0.353 e. The molecule has 0 heterocycles. The number of hydrogen-bond donors (Lipinski definition) is 0. The lowest BCUT2D eigenvalue weighted by Gasteiger charge is -2.13. The van der Waals surface area contributed by atoms with E-state index in [1.807, 2.05) is 19.1 Å². The predicted molar refractivity (Wildman–Crippen MR) is 69.5 cm³/mol. The van der Waals surface area contributed by atoms with Gasteiger partial charge in [0.2, 0.25) is 0 Å². The van der Waals surface area contributed by atoms with Crippen molar-refractivity contribution in [2.75, 3.05) is 13.2 Å². The van der Waals surface area contributed by atoms with Gasteiger partial charge < -0.3 is 9.47 Å². The molecule has 0 unspecified atom stereocenters. The second-order valence-corrected chi connectivity index (χ2v) is 3.88. The molecule has 16 heavy (non-hydrogen) atoms. The molecule has 0 amide bonds. The fraction of sp³-hybridized carbons (Fsp3) is 0.714. The fourth-order valence-corrected chi connectivity index (χ4v) is 1.33. The summed E-state index contributed by atoms with van der Waals surface area (Å²) in [6.07, 6.45) is 10.4. The maximum Gasteiger partial charge on any atom is 0.154 e. The minimum atomic E-state index is -0.0764. The number of allylic oxidation sites excluding steroid dienone is 2. The Kier molecular flexibility index (Phi) is 12.0. The Hall–Kier alpha value is -0.600. The Morgan fingerprint density at radius 2 is 1.31 bits per heavy atom. The Morgan fingerprint density at radius 1 is 0.875 bits per heavy atom. The van der Waals surface area contributed by atoms with E-state index < -0.39 is 0 Å². The summed E-state index contributed by atoms with van der Waals surface area (Å²) in [6, 6.07) is 0. The Morgan fingerprint density at radius 3 is 1.69 bits per heavy atom. The standard InChI is InChI=1S/C14H26O2/c1-4-6-8-10-12-15-14(3)16-13-11-9-7-5-2/h4-5,14H,1-2,6-13H2,3H3. The first kappa shape index (κ1) is 15.4. The predicted octanol–water partition coefficient (Wildman–Crippen LogP) is 4.08. The molecule has 0 aromatic heterocycles. The van der Waals surface area contributed by atoms with Gasteiger partial charge in [0, 0.05) is 13.2 Å². The molecule has 0 aliphatic carbocycles. The van der Waals surface area contributed by atoms with Gasteiger partial charge in [0.05, 0.1) is 0 Å². The van der Waals surface area contributed by atoms with E-state index in [0.29, 0.717) is 0 Å². The Labute approximate surface area is 100 Å². The summed E-state index contributed by atoms with van der Waals surface area (Å²) >= 11 is 0. The van der Waals surface area contributed by atoms with Crippen molar-refractivity contribution in [3.8, 4) is 0 Å². The van der Waals surface area contributed by atoms with E-state index >= 15 is 0 Å². The monoisotopic (exact) mass is 226 g/mol. The SMILES string of the molecule is C=CCCCCOC(C)OCCCCC=C. The molecular formula is C14H26O2. The highest BCUT2D eigenvalue weighted by Gasteiger charge is 2.00. The summed E-state index contributed by atoms with van der Waals surface area (Å²) in [5, 5.41) is 0. The molecule has 0 bridgehead atoms. The van der Waals surface area contributed by atoms with Crippen molar-refractivity contribution in [1.82, 2.24) is 0 Å². The van der Waals surface area contributed by atoms with Gasteiger partial charge in [-0.05, 0) is 45.4 Å². The van der Waals surface area contributed by atoms with Crippen LogP contribution in [0.1, 0.15) is 45.4 Å². The van der Waals surface area contributed by atoms with Crippen LogP contribution >= 0.6 is 0 Å². The molecule has 0 rings (SSSR count). The van der Waals surface area contributed by atoms with Crippen molar-refractivity contribution in [1.29, 1.82) is 0 Å². The molecular weight excluding hydrogens is 200 g/mol. The summed E-state index contributed by atoms with van der Waals surface area (Å²) < 4.78 is 11.0. The number of ether oxygens (including phenoxy) is 2. The van der Waals surface area contributed by atoms with Crippen molar-refractivity contribution in [3.05, 3.63) is 25.3 Å². The van der Waals surface area contributed by atoms with Gasteiger partial charge in [0.25, 0.3) is 0 Å². The summed E-state index contributed by atoms with van der Waals surface area (Å²) in [7, 11) is 0. The van der Waals surface area contributed by atoms with Crippen LogP contribution in [0.25, 0.3) is 0 Å². The van der Waals surface area contributed by atoms with Gasteiger partial charge in [-0.15, -0.1) is 13.2 Å². The fourth-order valence-electron chi connectivity index (χ4n) is 1.33. The molecule has 94 valence electrons. The van der Waals surface area contributed by atoms with E-state index in [0.717, 1.165) is 51.7 Å². The smallest absolute Gasteiger partial charge is 0.154 e. The van der Waals surface area contributed by atoms with Crippen LogP contribution in [0, 0.1) is 0 Å². The molecule has 0 N–H and O–H groups in total. The van der Waals surface area contributed by atoms with Crippen molar-refractivity contribution in [3.63, 3.8) is 0 Å². The summed E-state index contributed by atoms with van der Waals surface area (Å²) in [5.41, 5.74) is 0. The van der Waals surface area contributed by atoms with Crippen LogP contribution in [-0.2, 0) is 9.47 Å². The molecule has 0 saturated heterocycles. The lowest BCUT2D eigenvalue weighted by molar-refractivity contribution is -0.131. The van der Waals surface area contributed by atoms with Crippen LogP contribution in [0.15, 0.2) is 25.3 Å². The van der Waals surface area contributed by atoms with Crippen LogP contribution in [0.4, 0.5) is 0 Å². The molecule has 0 saturated carbocycles. The van der Waals surface area contributed by atoms with Crippen molar-refractivity contribution in [2.45, 2.75) is 51.7 Å². The van der Waals surface area contributed by atoms with Gasteiger partial charge in [-0.25, -0.2) is 0 Å². The van der Waals surface area contributed by atoms with Gasteiger partial charge in [-0.3, -0.25) is 0 Å². The van der Waals surface area contributed by atoms with Gasteiger partial charge in [0.15, 0.2) is 6.29 Å². The third-order valence-electron chi connectivity index (χ3n) is 2.31. The van der Waals surface area contributed by atoms with Crippen LogP contribution < -0.4 is 0 Å². The summed E-state index contributed by atoms with van der Waals surface area (Å²) in [4.78, 5) is 0. The lowest BCUT2D eigenvalue weighted by Crippen LogP contribution is -2.14. The normalized spacial score (nSPS) is 10.6. The van der Waals surface area contributed by atoms with Crippen LogP contribution in [-0.4, -0.2) is 19.5 Å². The Bertz CT molecular complexity index is 148. The highest BCUT2D eigenvalue weighted by atomic mass is 16.7. The Balaban J connectivity index is 3.14. The zero-order valence-electron chi connectivity index (χ0n) is 10.6. The van der Waals surface area contributed by atoms with Gasteiger partial charge in [-0.1, -0.05) is 12.2 Å². The van der Waals surface area contributed by atoms with Crippen LogP contribution in [0.5, 0.6) is 0 Å². The lowest BCUT2D eigenvalue weighted by atomic mass is 10.2. The number of hydrogen-bond acceptors (Lipinski definition) is 2. The highest BCUT2D eigenvalue weighted by molar-refractivity contribution is 4.65. The first-order valence-electron chi connectivity index (χ1n) is 6.26. The molecule has 2 heteroatoms. The second-order valence-electron chi connectivity index (χ2n) is 3.88. The van der Waals surface area contributed by atoms with E-state index in [2.05, 4.69) is 13.2 Å². The third kappa shape index (κ3) is 11.5. The molecule has 0 aromatic carbocycles. The van der Waals surface area contributed by atoms with E-state index in [4.69, 9.17) is 9.47 Å². The zero-order valence-corrected chi connectivity index (χ0v) is 10.6. The number of rotatable bonds is 12. The average Bonchev–Trinajstić information content (AvgIpc) is 2.28. The molecule has 0 aliphatic rings. The van der Waals surface area contributed by atoms with Crippen LogP contribution in [0.3, 0.4) is 0 Å². The zero-order chi connectivity index (χ0) is 12.1. The van der Waals surface area contributed by atoms with E-state index in [9.17, 15) is 0 Å². The first-order chi connectivity index (χ1) is 7.81. The summed E-state index contributed by atoms with van der Waals surface area (Å²) in [5.74, 6) is 0. The molecule has 0 radical (unpaired) electrons. The topological polar surface area (TPSA) is 18.5 Å². The van der Waals surface area contributed by atoms with Gasteiger partial charge in [-0.2, -0.15) is 0 Å².